The van der Waals surface area contributed by atoms with Gasteiger partial charge in [-0.2, -0.15) is 0 Å². The molecule has 4 nitrogen and oxygen atoms in total. The van der Waals surface area contributed by atoms with E-state index in [9.17, 15) is 0 Å². The van der Waals surface area contributed by atoms with Crippen molar-refractivity contribution >= 4 is 17.4 Å². The van der Waals surface area contributed by atoms with Crippen LogP contribution in [0.15, 0.2) is 6.07 Å². The van der Waals surface area contributed by atoms with Crippen LogP contribution in [0, 0.1) is 12.8 Å². The highest BCUT2D eigenvalue weighted by Crippen LogP contribution is 2.16. The fourth-order valence-electron chi connectivity index (χ4n) is 1.51. The minimum atomic E-state index is 0.160. The van der Waals surface area contributed by atoms with E-state index in [-0.39, 0.29) is 12.6 Å². The average Bonchev–Trinajstić information content (AvgIpc) is 2.15. The van der Waals surface area contributed by atoms with E-state index in [1.165, 1.54) is 0 Å². The summed E-state index contributed by atoms with van der Waals surface area (Å²) in [5.74, 6) is 1.77. The molecule has 0 aliphatic carbocycles. The molecule has 0 radical (unpaired) electrons. The quantitative estimate of drug-likeness (QED) is 0.779. The average molecular weight is 244 g/mol. The number of hydrogen-bond donors (Lipinski definition) is 2. The van der Waals surface area contributed by atoms with Gasteiger partial charge in [-0.15, -0.1) is 0 Å². The molecule has 0 spiro atoms. The molecule has 0 saturated carbocycles. The normalized spacial score (nSPS) is 12.9. The van der Waals surface area contributed by atoms with Crippen molar-refractivity contribution in [2.24, 2.45) is 5.92 Å². The third-order valence-electron chi connectivity index (χ3n) is 2.38. The molecule has 1 atom stereocenters. The second-order valence-corrected chi connectivity index (χ2v) is 4.52. The molecule has 0 aliphatic heterocycles. The van der Waals surface area contributed by atoms with E-state index in [1.54, 1.807) is 13.0 Å². The van der Waals surface area contributed by atoms with Crippen molar-refractivity contribution in [2.75, 3.05) is 11.9 Å². The molecule has 1 aromatic heterocycles. The van der Waals surface area contributed by atoms with Crippen LogP contribution in [0.1, 0.15) is 26.1 Å². The maximum atomic E-state index is 8.97. The maximum Gasteiger partial charge on any atom is 0.134 e. The van der Waals surface area contributed by atoms with E-state index in [1.807, 2.05) is 0 Å². The minimum Gasteiger partial charge on any atom is -0.396 e. The maximum absolute atomic E-state index is 8.97. The summed E-state index contributed by atoms with van der Waals surface area (Å²) in [6, 6.07) is 1.89. The van der Waals surface area contributed by atoms with E-state index in [0.29, 0.717) is 29.1 Å². The third kappa shape index (κ3) is 3.94. The van der Waals surface area contributed by atoms with Gasteiger partial charge in [0.1, 0.15) is 16.8 Å². The lowest BCUT2D eigenvalue weighted by Gasteiger charge is -2.22. The molecule has 1 heterocycles. The van der Waals surface area contributed by atoms with Crippen molar-refractivity contribution in [3.8, 4) is 0 Å². The first-order valence-corrected chi connectivity index (χ1v) is 5.79. The van der Waals surface area contributed by atoms with Gasteiger partial charge in [-0.05, 0) is 19.3 Å². The van der Waals surface area contributed by atoms with E-state index in [4.69, 9.17) is 16.7 Å². The van der Waals surface area contributed by atoms with Crippen LogP contribution < -0.4 is 5.32 Å². The first-order chi connectivity index (χ1) is 7.52. The highest BCUT2D eigenvalue weighted by molar-refractivity contribution is 6.29. The van der Waals surface area contributed by atoms with E-state index in [2.05, 4.69) is 29.1 Å². The number of rotatable bonds is 5. The summed E-state index contributed by atoms with van der Waals surface area (Å²) in [5.41, 5.74) is 0. The summed E-state index contributed by atoms with van der Waals surface area (Å²) < 4.78 is 0. The predicted molar refractivity (Wildman–Crippen MR) is 65.7 cm³/mol. The van der Waals surface area contributed by atoms with E-state index < -0.39 is 0 Å². The van der Waals surface area contributed by atoms with Gasteiger partial charge < -0.3 is 10.4 Å². The van der Waals surface area contributed by atoms with Crippen LogP contribution in [-0.4, -0.2) is 27.7 Å². The van der Waals surface area contributed by atoms with Crippen LogP contribution in [0.5, 0.6) is 0 Å². The van der Waals surface area contributed by atoms with Crippen molar-refractivity contribution in [1.29, 1.82) is 0 Å². The Balaban J connectivity index is 2.76. The fraction of sp³-hybridized carbons (Fsp3) is 0.636. The number of nitrogens with zero attached hydrogens (tertiary/aromatic N) is 2. The highest BCUT2D eigenvalue weighted by atomic mass is 35.5. The van der Waals surface area contributed by atoms with Gasteiger partial charge in [-0.25, -0.2) is 9.97 Å². The standard InChI is InChI=1S/C11H18ClN3O/c1-7(2)9(4-5-16)15-11-6-10(12)13-8(3)14-11/h6-7,9,16H,4-5H2,1-3H3,(H,13,14,15)/t9-/m1/s1. The number of nitrogens with one attached hydrogen (secondary N) is 1. The smallest absolute Gasteiger partial charge is 0.134 e. The molecule has 0 amide bonds. The van der Waals surface area contributed by atoms with Crippen molar-refractivity contribution in [2.45, 2.75) is 33.2 Å². The van der Waals surface area contributed by atoms with E-state index in [0.717, 1.165) is 0 Å². The summed E-state index contributed by atoms with van der Waals surface area (Å²) in [6.07, 6.45) is 0.693. The zero-order valence-corrected chi connectivity index (χ0v) is 10.6. The molecular weight excluding hydrogens is 226 g/mol. The van der Waals surface area contributed by atoms with Crippen molar-refractivity contribution in [1.82, 2.24) is 9.97 Å². The molecule has 2 N–H and O–H groups in total. The minimum absolute atomic E-state index is 0.160. The van der Waals surface area contributed by atoms with Crippen LogP contribution in [0.2, 0.25) is 5.15 Å². The largest absolute Gasteiger partial charge is 0.396 e. The molecule has 0 unspecified atom stereocenters. The number of aliphatic hydroxyl groups excluding tert-OH is 1. The molecule has 90 valence electrons. The third-order valence-corrected chi connectivity index (χ3v) is 2.58. The van der Waals surface area contributed by atoms with Crippen LogP contribution in [0.25, 0.3) is 0 Å². The SMILES string of the molecule is Cc1nc(Cl)cc(N[C@H](CCO)C(C)C)n1. The Labute approximate surface area is 101 Å². The van der Waals surface area contributed by atoms with Crippen LogP contribution >= 0.6 is 11.6 Å². The molecule has 0 aliphatic rings. The lowest BCUT2D eigenvalue weighted by Crippen LogP contribution is -2.27. The number of aromatic nitrogens is 2. The van der Waals surface area contributed by atoms with Gasteiger partial charge in [-0.1, -0.05) is 25.4 Å². The van der Waals surface area contributed by atoms with Gasteiger partial charge >= 0.3 is 0 Å². The first-order valence-electron chi connectivity index (χ1n) is 5.41. The molecular formula is C11H18ClN3O. The number of hydrogen-bond acceptors (Lipinski definition) is 4. The molecule has 1 rings (SSSR count). The molecule has 0 saturated heterocycles. The lowest BCUT2D eigenvalue weighted by molar-refractivity contribution is 0.267. The van der Waals surface area contributed by atoms with Crippen molar-refractivity contribution in [3.63, 3.8) is 0 Å². The summed E-state index contributed by atoms with van der Waals surface area (Å²) in [4.78, 5) is 8.25. The Hall–Kier alpha value is -0.870. The van der Waals surface area contributed by atoms with Gasteiger partial charge in [0.25, 0.3) is 0 Å². The van der Waals surface area contributed by atoms with Crippen LogP contribution in [0.3, 0.4) is 0 Å². The number of aryl methyl sites for hydroxylation is 1. The molecule has 5 heteroatoms. The number of aliphatic hydroxyl groups is 1. The Bertz CT molecular complexity index is 324. The first kappa shape index (κ1) is 13.2. The zero-order valence-electron chi connectivity index (χ0n) is 9.87. The van der Waals surface area contributed by atoms with Crippen molar-refractivity contribution < 1.29 is 5.11 Å². The number of anilines is 1. The van der Waals surface area contributed by atoms with E-state index >= 15 is 0 Å². The summed E-state index contributed by atoms with van der Waals surface area (Å²) in [5, 5.41) is 12.7. The molecule has 0 fully saturated rings. The Morgan fingerprint density at radius 3 is 2.62 bits per heavy atom. The van der Waals surface area contributed by atoms with Gasteiger partial charge in [0, 0.05) is 18.7 Å². The Kier molecular flexibility index (Phi) is 4.96. The number of halogens is 1. The fourth-order valence-corrected chi connectivity index (χ4v) is 1.73. The lowest BCUT2D eigenvalue weighted by atomic mass is 10.0. The van der Waals surface area contributed by atoms with Crippen molar-refractivity contribution in [3.05, 3.63) is 17.0 Å². The summed E-state index contributed by atoms with van der Waals surface area (Å²) >= 11 is 5.85. The predicted octanol–water partition coefficient (Wildman–Crippen LogP) is 2.26. The second-order valence-electron chi connectivity index (χ2n) is 4.13. The van der Waals surface area contributed by atoms with Crippen LogP contribution in [0.4, 0.5) is 5.82 Å². The topological polar surface area (TPSA) is 58.0 Å². The Morgan fingerprint density at radius 2 is 2.12 bits per heavy atom. The van der Waals surface area contributed by atoms with Gasteiger partial charge in [0.2, 0.25) is 0 Å². The molecule has 1 aromatic rings. The summed E-state index contributed by atoms with van der Waals surface area (Å²) in [7, 11) is 0. The zero-order chi connectivity index (χ0) is 12.1. The molecule has 16 heavy (non-hydrogen) atoms. The summed E-state index contributed by atoms with van der Waals surface area (Å²) in [6.45, 7) is 6.16. The second kappa shape index (κ2) is 6.01. The molecule has 0 aromatic carbocycles. The van der Waals surface area contributed by atoms with Gasteiger partial charge in [-0.3, -0.25) is 0 Å². The van der Waals surface area contributed by atoms with Gasteiger partial charge in [0.15, 0.2) is 0 Å². The van der Waals surface area contributed by atoms with Crippen LogP contribution in [-0.2, 0) is 0 Å². The highest BCUT2D eigenvalue weighted by Gasteiger charge is 2.13. The monoisotopic (exact) mass is 243 g/mol. The molecule has 0 bridgehead atoms. The van der Waals surface area contributed by atoms with Gasteiger partial charge in [0.05, 0.1) is 0 Å². The Morgan fingerprint density at radius 1 is 1.44 bits per heavy atom.